The van der Waals surface area contributed by atoms with Gasteiger partial charge in [0, 0.05) is 22.0 Å². The second-order valence-electron chi connectivity index (χ2n) is 25.8. The fraction of sp³-hybridized carbons (Fsp3) is 0.842. The average molecular weight is 1140 g/mol. The van der Waals surface area contributed by atoms with Crippen molar-refractivity contribution in [2.24, 2.45) is 50.2 Å². The number of allylic oxidation sites excluding steroid dienone is 4. The molecule has 8 aliphatic rings. The molecule has 0 radical (unpaired) electrons. The normalized spacial score (nSPS) is 49.3. The summed E-state index contributed by atoms with van der Waals surface area (Å²) in [6.07, 6.45) is -21.9. The van der Waals surface area contributed by atoms with Gasteiger partial charge in [-0.15, -0.1) is 0 Å². The van der Waals surface area contributed by atoms with Gasteiger partial charge in [-0.3, -0.25) is 0 Å². The first-order valence-electron chi connectivity index (χ1n) is 28.2. The Balaban J connectivity index is 1.14. The molecule has 3 aliphatic heterocycles. The summed E-state index contributed by atoms with van der Waals surface area (Å²) < 4.78 is 49.0. The highest BCUT2D eigenvalue weighted by molar-refractivity contribution is 5.89. The topological polar surface area (TPSA) is 368 Å². The van der Waals surface area contributed by atoms with Gasteiger partial charge in [-0.2, -0.15) is 0 Å². The number of hydrogen-bond donors (Lipinski definition) is 12. The highest BCUT2D eigenvalue weighted by atomic mass is 16.8. The molecule has 23 nitrogen and oxygen atoms in total. The van der Waals surface area contributed by atoms with E-state index in [1.54, 1.807) is 39.8 Å². The average Bonchev–Trinajstić information content (AvgIpc) is 3.85. The van der Waals surface area contributed by atoms with Gasteiger partial charge in [-0.1, -0.05) is 65.3 Å². The van der Waals surface area contributed by atoms with Crippen LogP contribution in [0, 0.1) is 50.2 Å². The highest BCUT2D eigenvalue weighted by Gasteiger charge is 2.74. The van der Waals surface area contributed by atoms with Crippen LogP contribution in [0.4, 0.5) is 0 Å². The van der Waals surface area contributed by atoms with Crippen molar-refractivity contribution in [2.45, 2.75) is 225 Å². The maximum atomic E-state index is 13.8. The van der Waals surface area contributed by atoms with Gasteiger partial charge in [0.15, 0.2) is 31.1 Å². The van der Waals surface area contributed by atoms with Gasteiger partial charge in [0.2, 0.25) is 0 Å². The Morgan fingerprint density at radius 3 is 1.73 bits per heavy atom. The molecule has 3 heterocycles. The third-order valence-corrected chi connectivity index (χ3v) is 21.4. The van der Waals surface area contributed by atoms with Crippen LogP contribution in [0.5, 0.6) is 0 Å². The Hall–Kier alpha value is -3.05. The monoisotopic (exact) mass is 1140 g/mol. The summed E-state index contributed by atoms with van der Waals surface area (Å²) >= 11 is 0. The maximum absolute atomic E-state index is 13.8. The van der Waals surface area contributed by atoms with Crippen LogP contribution in [0.1, 0.15) is 114 Å². The second kappa shape index (κ2) is 23.1. The number of carboxylic acids is 1. The molecule has 454 valence electrons. The largest absolute Gasteiger partial charge is 0.479 e. The smallest absolute Gasteiger partial charge is 0.335 e. The number of esters is 2. The summed E-state index contributed by atoms with van der Waals surface area (Å²) in [4.78, 5) is 40.3. The van der Waals surface area contributed by atoms with Crippen LogP contribution in [-0.4, -0.2) is 216 Å². The lowest BCUT2D eigenvalue weighted by Crippen LogP contribution is -2.72. The van der Waals surface area contributed by atoms with Crippen molar-refractivity contribution >= 4 is 17.9 Å². The Morgan fingerprint density at radius 2 is 1.19 bits per heavy atom. The van der Waals surface area contributed by atoms with E-state index in [2.05, 4.69) is 26.8 Å². The lowest BCUT2D eigenvalue weighted by molar-refractivity contribution is -0.387. The number of hydrogen-bond acceptors (Lipinski definition) is 22. The van der Waals surface area contributed by atoms with E-state index in [9.17, 15) is 75.7 Å². The predicted octanol–water partition coefficient (Wildman–Crippen LogP) is 0.264. The number of carbonyl (C=O) groups excluding carboxylic acids is 2. The summed E-state index contributed by atoms with van der Waals surface area (Å²) in [5.41, 5.74) is -3.55. The fourth-order valence-corrected chi connectivity index (χ4v) is 16.2. The summed E-state index contributed by atoms with van der Waals surface area (Å²) in [6.45, 7) is 16.4. The first-order valence-corrected chi connectivity index (χ1v) is 28.2. The molecule has 5 aliphatic carbocycles. The quantitative estimate of drug-likeness (QED) is 0.0453. The van der Waals surface area contributed by atoms with E-state index >= 15 is 0 Å². The molecule has 0 amide bonds. The van der Waals surface area contributed by atoms with Crippen molar-refractivity contribution < 1.29 is 114 Å². The zero-order chi connectivity index (χ0) is 59.1. The molecule has 80 heavy (non-hydrogen) atoms. The lowest BCUT2D eigenvalue weighted by atomic mass is 9.33. The zero-order valence-corrected chi connectivity index (χ0v) is 47.5. The standard InChI is InChI=1S/C57H88O23/c1-11-25(3)47(71)79-44-45(80-48(72)26(4)12-2)57(24-61)28(19-52(44,5)6)27-13-14-32-53(7)17-16-34(54(8,23-60)31(53)15-18-55(32,9)56(27,10)20-33(57)62)75-51-43(78-50-39(67)37(65)35(63)29(21-58)73-50)41(40(68)42(77-51)46(69)70)76-49-38(66)36(64)30(22-59)74-49/h11-13,28-45,49-51,58-68H,14-24H2,1-10H3,(H,69,70)/b25-11-,26-12-/t28?,29?,30?,31?,32?,33-,34+,35?,36?,37?,38?,39?,40?,41?,42?,43?,44+,45+,49?,50?,51?,53+,54?,55-,56-,57+/m1/s1. The SMILES string of the molecule is C/C=C(/C)C(=O)O[C@H]1[C@H](OC(=O)/C(C)=C\C)[C@@]2(CO)C(CC1(C)C)C1=CCC3[C@@]4(C)CC[C@H](OC5OC(C(=O)O)C(O)C(OC6OC(CO)C(O)C6O)C5OC5OC(CO)C(O)C(O)C5O)C(C)(CO)C4CC[C@@]3(C)[C@]1(C)C[C@H]2O. The van der Waals surface area contributed by atoms with Crippen LogP contribution in [0.3, 0.4) is 0 Å². The molecule has 12 N–H and O–H groups in total. The molecular formula is C57H88O23. The molecule has 3 saturated heterocycles. The Bertz CT molecular complexity index is 2380. The van der Waals surface area contributed by atoms with Gasteiger partial charge in [-0.25, -0.2) is 14.4 Å². The molecular weight excluding hydrogens is 1050 g/mol. The number of aliphatic carboxylic acids is 1. The van der Waals surface area contributed by atoms with Crippen molar-refractivity contribution in [2.75, 3.05) is 26.4 Å². The van der Waals surface area contributed by atoms with E-state index in [1.807, 2.05) is 20.8 Å². The number of fused-ring (bicyclic) bond motifs is 7. The maximum Gasteiger partial charge on any atom is 0.335 e. The molecule has 26 atom stereocenters. The van der Waals surface area contributed by atoms with E-state index in [0.717, 1.165) is 5.57 Å². The molecule has 0 aromatic rings. The summed E-state index contributed by atoms with van der Waals surface area (Å²) in [6, 6.07) is 0. The molecule has 0 aromatic carbocycles. The minimum absolute atomic E-state index is 0.0864. The van der Waals surface area contributed by atoms with Gasteiger partial charge in [-0.05, 0) is 107 Å². The molecule has 7 fully saturated rings. The van der Waals surface area contributed by atoms with Crippen LogP contribution in [0.25, 0.3) is 0 Å². The van der Waals surface area contributed by atoms with Crippen molar-refractivity contribution in [3.05, 3.63) is 34.9 Å². The van der Waals surface area contributed by atoms with E-state index < -0.39 is 193 Å². The van der Waals surface area contributed by atoms with Gasteiger partial charge in [0.1, 0.15) is 67.1 Å². The highest BCUT2D eigenvalue weighted by Crippen LogP contribution is 2.76. The van der Waals surface area contributed by atoms with Gasteiger partial charge >= 0.3 is 17.9 Å². The van der Waals surface area contributed by atoms with E-state index in [1.165, 1.54) is 0 Å². The van der Waals surface area contributed by atoms with Crippen LogP contribution < -0.4 is 0 Å². The Morgan fingerprint density at radius 1 is 0.637 bits per heavy atom. The third-order valence-electron chi connectivity index (χ3n) is 21.4. The van der Waals surface area contributed by atoms with Gasteiger partial charge < -0.3 is 99.2 Å². The fourth-order valence-electron chi connectivity index (χ4n) is 16.2. The minimum Gasteiger partial charge on any atom is -0.479 e. The first-order chi connectivity index (χ1) is 37.5. The number of ether oxygens (including phenoxy) is 8. The van der Waals surface area contributed by atoms with E-state index in [0.29, 0.717) is 43.3 Å². The predicted molar refractivity (Wildman–Crippen MR) is 277 cm³/mol. The second-order valence-corrected chi connectivity index (χ2v) is 25.8. The molecule has 4 saturated carbocycles. The van der Waals surface area contributed by atoms with Crippen molar-refractivity contribution in [3.8, 4) is 0 Å². The van der Waals surface area contributed by atoms with Crippen molar-refractivity contribution in [3.63, 3.8) is 0 Å². The first kappa shape index (κ1) is 63.0. The number of carboxylic acid groups (broad SMARTS) is 1. The molecule has 0 spiro atoms. The molecule has 0 aromatic heterocycles. The number of aliphatic hydroxyl groups is 11. The van der Waals surface area contributed by atoms with Crippen LogP contribution in [0.2, 0.25) is 0 Å². The zero-order valence-electron chi connectivity index (χ0n) is 47.5. The van der Waals surface area contributed by atoms with Gasteiger partial charge in [0.25, 0.3) is 0 Å². The third kappa shape index (κ3) is 9.95. The molecule has 23 heteroatoms. The van der Waals surface area contributed by atoms with Gasteiger partial charge in [0.05, 0.1) is 44.1 Å². The Kier molecular flexibility index (Phi) is 18.2. The van der Waals surface area contributed by atoms with Crippen molar-refractivity contribution in [1.29, 1.82) is 0 Å². The lowest BCUT2D eigenvalue weighted by Gasteiger charge is -2.72. The summed E-state index contributed by atoms with van der Waals surface area (Å²) in [5, 5.41) is 133. The van der Waals surface area contributed by atoms with E-state index in [4.69, 9.17) is 37.9 Å². The minimum atomic E-state index is -2.15. The number of aliphatic hydroxyl groups excluding tert-OH is 11. The number of rotatable bonds is 15. The summed E-state index contributed by atoms with van der Waals surface area (Å²) in [5.74, 6) is -3.87. The molecule has 8 rings (SSSR count). The molecule has 18 unspecified atom stereocenters. The Labute approximate surface area is 466 Å². The number of carbonyl (C=O) groups is 3. The van der Waals surface area contributed by atoms with Crippen LogP contribution in [-0.2, 0) is 52.3 Å². The molecule has 0 bridgehead atoms. The van der Waals surface area contributed by atoms with Crippen molar-refractivity contribution in [1.82, 2.24) is 0 Å². The van der Waals surface area contributed by atoms with Crippen LogP contribution >= 0.6 is 0 Å². The van der Waals surface area contributed by atoms with Crippen LogP contribution in [0.15, 0.2) is 34.9 Å². The van der Waals surface area contributed by atoms with E-state index in [-0.39, 0.29) is 24.7 Å². The summed E-state index contributed by atoms with van der Waals surface area (Å²) in [7, 11) is 0.